The van der Waals surface area contributed by atoms with Gasteiger partial charge in [-0.05, 0) is 66.7 Å². The Labute approximate surface area is 208 Å². The molecular weight excluding hydrogens is 500 g/mol. The Kier molecular flexibility index (Phi) is 9.72. The Morgan fingerprint density at radius 3 is 2.45 bits per heavy atom. The van der Waals surface area contributed by atoms with E-state index in [-0.39, 0.29) is 11.0 Å². The summed E-state index contributed by atoms with van der Waals surface area (Å²) < 4.78 is 12.4. The molecule has 3 aromatic carbocycles. The number of hydrogen-bond donors (Lipinski definition) is 2. The van der Waals surface area contributed by atoms with Crippen molar-refractivity contribution in [1.29, 1.82) is 0 Å². The molecule has 33 heavy (non-hydrogen) atoms. The molecule has 3 aromatic rings. The van der Waals surface area contributed by atoms with E-state index in [0.717, 1.165) is 35.2 Å². The molecule has 0 saturated heterocycles. The van der Waals surface area contributed by atoms with Crippen LogP contribution >= 0.6 is 28.1 Å². The van der Waals surface area contributed by atoms with E-state index in [2.05, 4.69) is 45.6 Å². The van der Waals surface area contributed by atoms with Crippen LogP contribution in [0.4, 0.5) is 5.69 Å². The molecule has 0 fully saturated rings. The van der Waals surface area contributed by atoms with Gasteiger partial charge < -0.3 is 14.8 Å². The van der Waals surface area contributed by atoms with Crippen LogP contribution in [0.5, 0.6) is 11.5 Å². The number of unbranched alkanes of at least 4 members (excludes halogenated alkanes) is 1. The summed E-state index contributed by atoms with van der Waals surface area (Å²) in [6, 6.07) is 23.0. The van der Waals surface area contributed by atoms with Crippen molar-refractivity contribution in [1.82, 2.24) is 5.32 Å². The fraction of sp³-hybridized carbons (Fsp3) is 0.231. The molecule has 1 amide bonds. The second kappa shape index (κ2) is 13.0. The topological polar surface area (TPSA) is 59.6 Å². The molecule has 0 atom stereocenters. The maximum atomic E-state index is 12.8. The first-order valence-corrected chi connectivity index (χ1v) is 12.1. The van der Waals surface area contributed by atoms with Crippen LogP contribution in [0.2, 0.25) is 0 Å². The minimum Gasteiger partial charge on any atom is -0.493 e. The Morgan fingerprint density at radius 1 is 0.970 bits per heavy atom. The van der Waals surface area contributed by atoms with Gasteiger partial charge >= 0.3 is 0 Å². The van der Waals surface area contributed by atoms with Crippen molar-refractivity contribution in [2.24, 2.45) is 0 Å². The smallest absolute Gasteiger partial charge is 0.261 e. The van der Waals surface area contributed by atoms with E-state index < -0.39 is 0 Å². The lowest BCUT2D eigenvalue weighted by molar-refractivity contribution is 0.0973. The van der Waals surface area contributed by atoms with Crippen LogP contribution < -0.4 is 20.1 Å². The van der Waals surface area contributed by atoms with Crippen molar-refractivity contribution in [2.75, 3.05) is 18.5 Å². The Balaban J connectivity index is 1.51. The first-order chi connectivity index (χ1) is 16.0. The first-order valence-electron chi connectivity index (χ1n) is 10.9. The lowest BCUT2D eigenvalue weighted by Crippen LogP contribution is -2.34. The van der Waals surface area contributed by atoms with Gasteiger partial charge in [0.15, 0.2) is 5.11 Å². The number of nitrogens with one attached hydrogen (secondary N) is 2. The lowest BCUT2D eigenvalue weighted by atomic mass is 10.2. The third-order valence-corrected chi connectivity index (χ3v) is 5.48. The molecule has 2 N–H and O–H groups in total. The summed E-state index contributed by atoms with van der Waals surface area (Å²) in [5.74, 6) is 0.972. The van der Waals surface area contributed by atoms with Crippen LogP contribution in [0.25, 0.3) is 0 Å². The molecular formula is C26H27BrN2O3S. The SMILES string of the molecule is CCCCOc1ccc(Br)cc1C(=O)NC(=S)Nc1ccc(OCCc2ccccc2)cc1. The number of anilines is 1. The van der Waals surface area contributed by atoms with Gasteiger partial charge in [0.1, 0.15) is 11.5 Å². The van der Waals surface area contributed by atoms with E-state index in [9.17, 15) is 4.79 Å². The number of benzene rings is 3. The van der Waals surface area contributed by atoms with E-state index in [1.54, 1.807) is 12.1 Å². The van der Waals surface area contributed by atoms with Gasteiger partial charge in [0, 0.05) is 16.6 Å². The second-order valence-electron chi connectivity index (χ2n) is 7.36. The molecule has 3 rings (SSSR count). The fourth-order valence-corrected chi connectivity index (χ4v) is 3.60. The van der Waals surface area contributed by atoms with Gasteiger partial charge in [0.05, 0.1) is 18.8 Å². The van der Waals surface area contributed by atoms with Gasteiger partial charge in [-0.25, -0.2) is 0 Å². The number of rotatable bonds is 10. The first kappa shape index (κ1) is 24.7. The molecule has 0 saturated carbocycles. The van der Waals surface area contributed by atoms with Crippen LogP contribution in [-0.4, -0.2) is 24.2 Å². The van der Waals surface area contributed by atoms with E-state index in [1.165, 1.54) is 5.56 Å². The third-order valence-electron chi connectivity index (χ3n) is 4.78. The van der Waals surface area contributed by atoms with Gasteiger partial charge in [-0.1, -0.05) is 59.6 Å². The number of amides is 1. The number of hydrogen-bond acceptors (Lipinski definition) is 4. The lowest BCUT2D eigenvalue weighted by Gasteiger charge is -2.14. The number of ether oxygens (including phenoxy) is 2. The van der Waals surface area contributed by atoms with Gasteiger partial charge in [-0.2, -0.15) is 0 Å². The molecule has 0 aliphatic heterocycles. The highest BCUT2D eigenvalue weighted by Gasteiger charge is 2.15. The predicted molar refractivity (Wildman–Crippen MR) is 140 cm³/mol. The van der Waals surface area contributed by atoms with Crippen molar-refractivity contribution in [2.45, 2.75) is 26.2 Å². The molecule has 0 aliphatic carbocycles. The minimum atomic E-state index is -0.332. The number of thiocarbonyl (C=S) groups is 1. The van der Waals surface area contributed by atoms with Gasteiger partial charge in [0.25, 0.3) is 5.91 Å². The normalized spacial score (nSPS) is 10.4. The molecule has 7 heteroatoms. The zero-order valence-corrected chi connectivity index (χ0v) is 20.9. The Hall–Kier alpha value is -2.90. The van der Waals surface area contributed by atoms with Crippen LogP contribution in [0.15, 0.2) is 77.3 Å². The van der Waals surface area contributed by atoms with Crippen molar-refractivity contribution in [3.8, 4) is 11.5 Å². The molecule has 0 unspecified atom stereocenters. The van der Waals surface area contributed by atoms with Gasteiger partial charge in [0.2, 0.25) is 0 Å². The highest BCUT2D eigenvalue weighted by atomic mass is 79.9. The minimum absolute atomic E-state index is 0.206. The van der Waals surface area contributed by atoms with Crippen LogP contribution in [0.3, 0.4) is 0 Å². The van der Waals surface area contributed by atoms with Crippen LogP contribution in [-0.2, 0) is 6.42 Å². The van der Waals surface area contributed by atoms with E-state index in [0.29, 0.717) is 24.5 Å². The molecule has 0 radical (unpaired) electrons. The van der Waals surface area contributed by atoms with E-state index >= 15 is 0 Å². The summed E-state index contributed by atoms with van der Waals surface area (Å²) in [5.41, 5.74) is 2.41. The summed E-state index contributed by atoms with van der Waals surface area (Å²) in [6.45, 7) is 3.24. The zero-order chi connectivity index (χ0) is 23.5. The standard InChI is InChI=1S/C26H27BrN2O3S/c1-2-3-16-32-24-14-9-20(27)18-23(24)25(30)29-26(33)28-21-10-12-22(13-11-21)31-17-15-19-7-5-4-6-8-19/h4-14,18H,2-3,15-17H2,1H3,(H2,28,29,30,33). The van der Waals surface area contributed by atoms with E-state index in [4.69, 9.17) is 21.7 Å². The third kappa shape index (κ3) is 8.18. The predicted octanol–water partition coefficient (Wildman–Crippen LogP) is 6.38. The molecule has 0 aromatic heterocycles. The summed E-state index contributed by atoms with van der Waals surface area (Å²) in [7, 11) is 0. The quantitative estimate of drug-likeness (QED) is 0.237. The summed E-state index contributed by atoms with van der Waals surface area (Å²) in [5, 5.41) is 5.95. The molecule has 172 valence electrons. The summed E-state index contributed by atoms with van der Waals surface area (Å²) in [6.07, 6.45) is 2.78. The molecule has 0 aliphatic rings. The van der Waals surface area contributed by atoms with Gasteiger partial charge in [-0.3, -0.25) is 10.1 Å². The van der Waals surface area contributed by atoms with E-state index in [1.807, 2.05) is 48.5 Å². The van der Waals surface area contributed by atoms with Crippen molar-refractivity contribution < 1.29 is 14.3 Å². The number of carbonyl (C=O) groups is 1. The van der Waals surface area contributed by atoms with Crippen LogP contribution in [0, 0.1) is 0 Å². The van der Waals surface area contributed by atoms with Gasteiger partial charge in [-0.15, -0.1) is 0 Å². The summed E-state index contributed by atoms with van der Waals surface area (Å²) >= 11 is 8.73. The average molecular weight is 527 g/mol. The second-order valence-corrected chi connectivity index (χ2v) is 8.68. The van der Waals surface area contributed by atoms with Crippen LogP contribution in [0.1, 0.15) is 35.7 Å². The number of halogens is 1. The van der Waals surface area contributed by atoms with Crippen molar-refractivity contribution >= 4 is 44.9 Å². The van der Waals surface area contributed by atoms with Crippen molar-refractivity contribution in [3.05, 3.63) is 88.4 Å². The maximum Gasteiger partial charge on any atom is 0.261 e. The highest BCUT2D eigenvalue weighted by molar-refractivity contribution is 9.10. The fourth-order valence-electron chi connectivity index (χ4n) is 3.03. The van der Waals surface area contributed by atoms with Crippen molar-refractivity contribution in [3.63, 3.8) is 0 Å². The highest BCUT2D eigenvalue weighted by Crippen LogP contribution is 2.24. The Bertz CT molecular complexity index is 1060. The molecule has 0 bridgehead atoms. The monoisotopic (exact) mass is 526 g/mol. The Morgan fingerprint density at radius 2 is 1.73 bits per heavy atom. The summed E-state index contributed by atoms with van der Waals surface area (Å²) in [4.78, 5) is 12.8. The molecule has 0 spiro atoms. The zero-order valence-electron chi connectivity index (χ0n) is 18.5. The average Bonchev–Trinajstić information content (AvgIpc) is 2.82. The largest absolute Gasteiger partial charge is 0.493 e. The molecule has 5 nitrogen and oxygen atoms in total. The number of carbonyl (C=O) groups excluding carboxylic acids is 1. The molecule has 0 heterocycles. The maximum absolute atomic E-state index is 12.8.